The molecule has 10 heteroatoms. The van der Waals surface area contributed by atoms with Crippen molar-refractivity contribution in [3.8, 4) is 28.7 Å². The first-order valence-corrected chi connectivity index (χ1v) is 13.1. The molecule has 0 saturated heterocycles. The number of alkyl halides is 2. The van der Waals surface area contributed by atoms with E-state index >= 15 is 0 Å². The van der Waals surface area contributed by atoms with Crippen LogP contribution < -0.4 is 4.74 Å². The third-order valence-electron chi connectivity index (χ3n) is 6.56. The van der Waals surface area contributed by atoms with Gasteiger partial charge in [-0.3, -0.25) is 0 Å². The van der Waals surface area contributed by atoms with Crippen LogP contribution >= 0.6 is 0 Å². The van der Waals surface area contributed by atoms with Gasteiger partial charge < -0.3 is 4.74 Å². The lowest BCUT2D eigenvalue weighted by Gasteiger charge is -2.20. The molecule has 0 saturated carbocycles. The zero-order valence-corrected chi connectivity index (χ0v) is 22.8. The molecular weight excluding hydrogens is 583 g/mol. The Balaban J connectivity index is 1.56. The van der Waals surface area contributed by atoms with Crippen LogP contribution in [0, 0.1) is 59.5 Å². The maximum Gasteiger partial charge on any atom is 0.432 e. The van der Waals surface area contributed by atoms with Gasteiger partial charge in [-0.1, -0.05) is 37.7 Å². The summed E-state index contributed by atoms with van der Waals surface area (Å²) in [5.74, 6) is -5.50. The Morgan fingerprint density at radius 2 is 1.35 bits per heavy atom. The van der Waals surface area contributed by atoms with Crippen LogP contribution in [0.5, 0.6) is 5.75 Å². The molecule has 0 N–H and O–H groups in total. The summed E-state index contributed by atoms with van der Waals surface area (Å²) in [5.41, 5.74) is -2.08. The van der Waals surface area contributed by atoms with Gasteiger partial charge in [-0.15, -0.1) is 0 Å². The number of hydrogen-bond donors (Lipinski definition) is 0. The summed E-state index contributed by atoms with van der Waals surface area (Å²) in [7, 11) is 0. The van der Waals surface area contributed by atoms with Crippen LogP contribution in [-0.2, 0) is 12.5 Å². The van der Waals surface area contributed by atoms with Gasteiger partial charge in [0.1, 0.15) is 34.6 Å². The lowest BCUT2D eigenvalue weighted by molar-refractivity contribution is -0.189. The van der Waals surface area contributed by atoms with Crippen LogP contribution in [0.25, 0.3) is 11.1 Å². The summed E-state index contributed by atoms with van der Waals surface area (Å²) in [4.78, 5) is 0. The van der Waals surface area contributed by atoms with E-state index in [-0.39, 0.29) is 33.4 Å². The first kappa shape index (κ1) is 31.5. The van der Waals surface area contributed by atoms with E-state index in [2.05, 4.69) is 16.6 Å². The van der Waals surface area contributed by atoms with Gasteiger partial charge in [0, 0.05) is 17.2 Å². The van der Waals surface area contributed by atoms with Crippen LogP contribution in [0.2, 0.25) is 0 Å². The smallest absolute Gasteiger partial charge is 0.429 e. The van der Waals surface area contributed by atoms with E-state index in [4.69, 9.17) is 0 Å². The number of aryl methyl sites for hydroxylation is 2. The molecule has 0 fully saturated rings. The van der Waals surface area contributed by atoms with Crippen molar-refractivity contribution >= 4 is 0 Å². The average Bonchev–Trinajstić information content (AvgIpc) is 2.90. The van der Waals surface area contributed by atoms with Crippen molar-refractivity contribution in [3.05, 3.63) is 123 Å². The van der Waals surface area contributed by atoms with E-state index < -0.39 is 58.1 Å². The van der Waals surface area contributed by atoms with Crippen molar-refractivity contribution in [1.29, 1.82) is 0 Å². The van der Waals surface area contributed by atoms with E-state index in [1.54, 1.807) is 0 Å². The third kappa shape index (κ3) is 7.16. The van der Waals surface area contributed by atoms with Crippen LogP contribution in [0.15, 0.2) is 54.6 Å². The number of benzene rings is 4. The van der Waals surface area contributed by atoms with Gasteiger partial charge in [0.15, 0.2) is 17.5 Å². The minimum absolute atomic E-state index is 0.0269. The van der Waals surface area contributed by atoms with Crippen molar-refractivity contribution in [2.45, 2.75) is 45.6 Å². The Bertz CT molecular complexity index is 1670. The largest absolute Gasteiger partial charge is 0.432 e. The second kappa shape index (κ2) is 12.9. The summed E-state index contributed by atoms with van der Waals surface area (Å²) in [6.07, 6.45) is -1.86. The molecule has 43 heavy (non-hydrogen) atoms. The molecule has 0 atom stereocenters. The molecule has 0 amide bonds. The van der Waals surface area contributed by atoms with Crippen LogP contribution in [-0.4, -0.2) is 0 Å². The lowest BCUT2D eigenvalue weighted by atomic mass is 10.0. The molecule has 0 radical (unpaired) electrons. The predicted octanol–water partition coefficient (Wildman–Crippen LogP) is 9.90. The second-order valence-electron chi connectivity index (χ2n) is 9.81. The van der Waals surface area contributed by atoms with Gasteiger partial charge >= 0.3 is 6.11 Å². The van der Waals surface area contributed by atoms with Gasteiger partial charge in [-0.05, 0) is 78.9 Å². The summed E-state index contributed by atoms with van der Waals surface area (Å²) in [5, 5.41) is 0. The Kier molecular flexibility index (Phi) is 9.43. The zero-order valence-electron chi connectivity index (χ0n) is 22.8. The summed E-state index contributed by atoms with van der Waals surface area (Å²) >= 11 is 0. The van der Waals surface area contributed by atoms with Crippen molar-refractivity contribution in [3.63, 3.8) is 0 Å². The van der Waals surface area contributed by atoms with E-state index in [0.29, 0.717) is 31.0 Å². The topological polar surface area (TPSA) is 9.23 Å². The van der Waals surface area contributed by atoms with E-state index in [1.807, 2.05) is 6.92 Å². The molecule has 0 aliphatic carbocycles. The highest BCUT2D eigenvalue weighted by Gasteiger charge is 2.41. The molecule has 4 aromatic rings. The van der Waals surface area contributed by atoms with Crippen LogP contribution in [0.1, 0.15) is 54.0 Å². The SMILES string of the molecule is CCCCCc1cc(F)c(C(F)(F)Oc2cc(C)c(C#Cc3ccc(-c4cc(F)c(F)c(F)c4)c(F)c3)c(F)c2)c(F)c1. The number of ether oxygens (including phenoxy) is 1. The van der Waals surface area contributed by atoms with Gasteiger partial charge in [-0.25, -0.2) is 30.7 Å². The molecule has 1 nitrogen and oxygen atoms in total. The molecule has 224 valence electrons. The average molecular weight is 607 g/mol. The molecule has 0 heterocycles. The molecule has 0 spiro atoms. The molecular formula is C33H23F9O. The quantitative estimate of drug-likeness (QED) is 0.0840. The summed E-state index contributed by atoms with van der Waals surface area (Å²) in [6, 6.07) is 7.78. The molecule has 0 aliphatic rings. The standard InChI is InChI=1S/C33H23F9O/c1-3-4-5-6-20-13-27(36)31(28(37)14-20)33(41,42)43-22-11-18(2)23(26(35)17-22)9-7-19-8-10-24(25(34)12-19)21-15-29(38)32(40)30(39)16-21/h8,10-17H,3-6H2,1-2H3. The highest BCUT2D eigenvalue weighted by atomic mass is 19.3. The summed E-state index contributed by atoms with van der Waals surface area (Å²) < 4.78 is 133. The first-order chi connectivity index (χ1) is 20.3. The Morgan fingerprint density at radius 3 is 1.93 bits per heavy atom. The Labute approximate surface area is 241 Å². The second-order valence-corrected chi connectivity index (χ2v) is 9.81. The number of halogens is 9. The molecule has 0 aliphatic heterocycles. The normalized spacial score (nSPS) is 11.3. The van der Waals surface area contributed by atoms with Gasteiger partial charge in [-0.2, -0.15) is 8.78 Å². The number of hydrogen-bond acceptors (Lipinski definition) is 1. The fourth-order valence-corrected chi connectivity index (χ4v) is 4.43. The third-order valence-corrected chi connectivity index (χ3v) is 6.56. The summed E-state index contributed by atoms with van der Waals surface area (Å²) in [6.45, 7) is 3.27. The zero-order chi connectivity index (χ0) is 31.5. The predicted molar refractivity (Wildman–Crippen MR) is 143 cm³/mol. The minimum atomic E-state index is -4.47. The van der Waals surface area contributed by atoms with Crippen molar-refractivity contribution in [2.75, 3.05) is 0 Å². The number of unbranched alkanes of at least 4 members (excludes halogenated alkanes) is 2. The first-order valence-electron chi connectivity index (χ1n) is 13.1. The van der Waals surface area contributed by atoms with Crippen molar-refractivity contribution < 1.29 is 44.3 Å². The highest BCUT2D eigenvalue weighted by Crippen LogP contribution is 2.37. The number of rotatable bonds is 8. The Hall–Kier alpha value is -4.39. The monoisotopic (exact) mass is 606 g/mol. The van der Waals surface area contributed by atoms with Crippen LogP contribution in [0.4, 0.5) is 39.5 Å². The maximum absolute atomic E-state index is 14.9. The highest BCUT2D eigenvalue weighted by molar-refractivity contribution is 5.65. The lowest BCUT2D eigenvalue weighted by Crippen LogP contribution is -2.25. The van der Waals surface area contributed by atoms with Crippen LogP contribution in [0.3, 0.4) is 0 Å². The molecule has 0 unspecified atom stereocenters. The molecule has 0 aromatic heterocycles. The fraction of sp³-hybridized carbons (Fsp3) is 0.212. The van der Waals surface area contributed by atoms with Gasteiger partial charge in [0.2, 0.25) is 0 Å². The van der Waals surface area contributed by atoms with Gasteiger partial charge in [0.05, 0.1) is 5.56 Å². The Morgan fingerprint density at radius 1 is 0.698 bits per heavy atom. The van der Waals surface area contributed by atoms with E-state index in [1.165, 1.54) is 13.0 Å². The van der Waals surface area contributed by atoms with Gasteiger partial charge in [0.25, 0.3) is 0 Å². The van der Waals surface area contributed by atoms with E-state index in [9.17, 15) is 39.5 Å². The molecule has 4 aromatic carbocycles. The molecule has 0 bridgehead atoms. The van der Waals surface area contributed by atoms with Crippen molar-refractivity contribution in [1.82, 2.24) is 0 Å². The fourth-order valence-electron chi connectivity index (χ4n) is 4.43. The molecule has 4 rings (SSSR count). The minimum Gasteiger partial charge on any atom is -0.429 e. The van der Waals surface area contributed by atoms with E-state index in [0.717, 1.165) is 43.2 Å². The van der Waals surface area contributed by atoms with Crippen molar-refractivity contribution in [2.24, 2.45) is 0 Å². The maximum atomic E-state index is 14.9.